The van der Waals surface area contributed by atoms with Crippen molar-refractivity contribution >= 4 is 23.4 Å². The van der Waals surface area contributed by atoms with Crippen molar-refractivity contribution in [3.8, 4) is 11.5 Å². The molecule has 0 aliphatic rings. The van der Waals surface area contributed by atoms with Gasteiger partial charge in [0, 0.05) is 5.02 Å². The second-order valence-corrected chi connectivity index (χ2v) is 5.79. The summed E-state index contributed by atoms with van der Waals surface area (Å²) in [4.78, 5) is 23.6. The summed E-state index contributed by atoms with van der Waals surface area (Å²) >= 11 is 5.76. The number of ether oxygens (including phenoxy) is 2. The summed E-state index contributed by atoms with van der Waals surface area (Å²) in [6, 6.07) is 13.9. The van der Waals surface area contributed by atoms with Gasteiger partial charge in [-0.1, -0.05) is 23.7 Å². The number of amides is 2. The third-order valence-corrected chi connectivity index (χ3v) is 3.43. The van der Waals surface area contributed by atoms with Crippen molar-refractivity contribution in [3.05, 3.63) is 59.1 Å². The Morgan fingerprint density at radius 1 is 1.08 bits per heavy atom. The lowest BCUT2D eigenvalue weighted by Gasteiger charge is -2.15. The molecule has 0 spiro atoms. The first kappa shape index (κ1) is 18.6. The van der Waals surface area contributed by atoms with Gasteiger partial charge in [0.2, 0.25) is 0 Å². The van der Waals surface area contributed by atoms with Crippen molar-refractivity contribution in [2.45, 2.75) is 20.0 Å². The number of hydrazine groups is 1. The van der Waals surface area contributed by atoms with E-state index in [1.165, 1.54) is 0 Å². The Morgan fingerprint density at radius 2 is 1.80 bits per heavy atom. The van der Waals surface area contributed by atoms with Crippen molar-refractivity contribution in [1.82, 2.24) is 10.9 Å². The Labute approximate surface area is 151 Å². The van der Waals surface area contributed by atoms with E-state index in [2.05, 4.69) is 10.9 Å². The molecule has 0 fully saturated rings. The van der Waals surface area contributed by atoms with Gasteiger partial charge in [-0.2, -0.15) is 0 Å². The molecule has 6 nitrogen and oxygen atoms in total. The average Bonchev–Trinajstić information content (AvgIpc) is 2.59. The highest BCUT2D eigenvalue weighted by atomic mass is 35.5. The van der Waals surface area contributed by atoms with Crippen LogP contribution >= 0.6 is 11.6 Å². The second kappa shape index (κ2) is 8.94. The van der Waals surface area contributed by atoms with Crippen LogP contribution in [0.1, 0.15) is 12.5 Å². The fourth-order valence-electron chi connectivity index (χ4n) is 1.90. The predicted molar refractivity (Wildman–Crippen MR) is 94.5 cm³/mol. The molecule has 0 radical (unpaired) electrons. The fourth-order valence-corrected chi connectivity index (χ4v) is 2.02. The lowest BCUT2D eigenvalue weighted by atomic mass is 10.2. The topological polar surface area (TPSA) is 76.7 Å². The van der Waals surface area contributed by atoms with E-state index in [0.29, 0.717) is 16.5 Å². The fraction of sp³-hybridized carbons (Fsp3) is 0.222. The number of carbonyl (C=O) groups excluding carboxylic acids is 2. The van der Waals surface area contributed by atoms with Crippen LogP contribution in [0.4, 0.5) is 0 Å². The van der Waals surface area contributed by atoms with E-state index in [1.807, 2.05) is 25.1 Å². The molecule has 0 saturated heterocycles. The van der Waals surface area contributed by atoms with Gasteiger partial charge in [0.25, 0.3) is 11.8 Å². The molecule has 0 bridgehead atoms. The van der Waals surface area contributed by atoms with E-state index in [1.54, 1.807) is 37.3 Å². The van der Waals surface area contributed by atoms with Gasteiger partial charge < -0.3 is 9.47 Å². The molecule has 0 aliphatic carbocycles. The van der Waals surface area contributed by atoms with Gasteiger partial charge in [-0.25, -0.2) is 0 Å². The van der Waals surface area contributed by atoms with Crippen LogP contribution in [0, 0.1) is 6.92 Å². The van der Waals surface area contributed by atoms with Gasteiger partial charge in [0.15, 0.2) is 12.7 Å². The number of aryl methyl sites for hydroxylation is 1. The van der Waals surface area contributed by atoms with Crippen molar-refractivity contribution < 1.29 is 19.1 Å². The Balaban J connectivity index is 1.72. The van der Waals surface area contributed by atoms with Crippen LogP contribution in [0.2, 0.25) is 5.02 Å². The number of halogens is 1. The van der Waals surface area contributed by atoms with Crippen LogP contribution in [0.3, 0.4) is 0 Å². The summed E-state index contributed by atoms with van der Waals surface area (Å²) < 4.78 is 10.8. The van der Waals surface area contributed by atoms with E-state index in [4.69, 9.17) is 21.1 Å². The molecule has 0 aromatic heterocycles. The minimum atomic E-state index is -0.765. The Kier molecular flexibility index (Phi) is 6.65. The van der Waals surface area contributed by atoms with Crippen LogP contribution in [0.5, 0.6) is 11.5 Å². The van der Waals surface area contributed by atoms with Gasteiger partial charge >= 0.3 is 0 Å². The Hall–Kier alpha value is -2.73. The molecule has 25 heavy (non-hydrogen) atoms. The van der Waals surface area contributed by atoms with E-state index in [-0.39, 0.29) is 6.61 Å². The summed E-state index contributed by atoms with van der Waals surface area (Å²) in [6.45, 7) is 3.28. The number of rotatable bonds is 6. The molecular formula is C18H19ClN2O4. The molecule has 1 atom stereocenters. The Bertz CT molecular complexity index is 734. The number of carbonyl (C=O) groups is 2. The third-order valence-electron chi connectivity index (χ3n) is 3.18. The minimum absolute atomic E-state index is 0.241. The highest BCUT2D eigenvalue weighted by Crippen LogP contribution is 2.15. The number of nitrogens with one attached hydrogen (secondary N) is 2. The van der Waals surface area contributed by atoms with E-state index < -0.39 is 17.9 Å². The van der Waals surface area contributed by atoms with Crippen LogP contribution < -0.4 is 20.3 Å². The molecule has 7 heteroatoms. The average molecular weight is 363 g/mol. The van der Waals surface area contributed by atoms with Crippen molar-refractivity contribution in [2.75, 3.05) is 6.61 Å². The Morgan fingerprint density at radius 3 is 2.48 bits per heavy atom. The van der Waals surface area contributed by atoms with Crippen LogP contribution in [0.15, 0.2) is 48.5 Å². The normalized spacial score (nSPS) is 11.3. The summed E-state index contributed by atoms with van der Waals surface area (Å²) in [5.74, 6) is 0.120. The molecule has 132 valence electrons. The highest BCUT2D eigenvalue weighted by molar-refractivity contribution is 6.30. The van der Waals surface area contributed by atoms with Gasteiger partial charge in [-0.3, -0.25) is 20.4 Å². The van der Waals surface area contributed by atoms with Gasteiger partial charge in [0.05, 0.1) is 0 Å². The number of hydrogen-bond acceptors (Lipinski definition) is 4. The lowest BCUT2D eigenvalue weighted by Crippen LogP contribution is -2.48. The molecule has 2 rings (SSSR count). The zero-order chi connectivity index (χ0) is 18.2. The summed E-state index contributed by atoms with van der Waals surface area (Å²) in [7, 11) is 0. The van der Waals surface area contributed by atoms with Crippen LogP contribution in [-0.2, 0) is 9.59 Å². The summed E-state index contributed by atoms with van der Waals surface area (Å²) in [5.41, 5.74) is 5.60. The summed E-state index contributed by atoms with van der Waals surface area (Å²) in [5, 5.41) is 0.576. The summed E-state index contributed by atoms with van der Waals surface area (Å²) in [6.07, 6.45) is -0.765. The molecular weight excluding hydrogens is 344 g/mol. The van der Waals surface area contributed by atoms with Crippen molar-refractivity contribution in [1.29, 1.82) is 0 Å². The van der Waals surface area contributed by atoms with Crippen molar-refractivity contribution in [3.63, 3.8) is 0 Å². The zero-order valence-electron chi connectivity index (χ0n) is 13.9. The molecule has 0 aliphatic heterocycles. The quantitative estimate of drug-likeness (QED) is 0.774. The molecule has 2 N–H and O–H groups in total. The molecule has 1 unspecified atom stereocenters. The maximum atomic E-state index is 11.9. The van der Waals surface area contributed by atoms with E-state index in [9.17, 15) is 9.59 Å². The molecule has 2 aromatic carbocycles. The monoisotopic (exact) mass is 362 g/mol. The number of benzene rings is 2. The first-order valence-electron chi connectivity index (χ1n) is 7.64. The molecule has 2 amide bonds. The maximum absolute atomic E-state index is 11.9. The third kappa shape index (κ3) is 6.35. The number of hydrogen-bond donors (Lipinski definition) is 2. The SMILES string of the molecule is Cc1cccc(OC(C)C(=O)NNC(=O)COc2ccc(Cl)cc2)c1. The van der Waals surface area contributed by atoms with Gasteiger partial charge in [0.1, 0.15) is 11.5 Å². The first-order valence-corrected chi connectivity index (χ1v) is 8.02. The standard InChI is InChI=1S/C18H19ClN2O4/c1-12-4-3-5-16(10-12)25-13(2)18(23)21-20-17(22)11-24-15-8-6-14(19)7-9-15/h3-10,13H,11H2,1-2H3,(H,20,22)(H,21,23). The molecule has 0 saturated carbocycles. The first-order chi connectivity index (χ1) is 11.9. The highest BCUT2D eigenvalue weighted by Gasteiger charge is 2.15. The maximum Gasteiger partial charge on any atom is 0.279 e. The minimum Gasteiger partial charge on any atom is -0.484 e. The van der Waals surface area contributed by atoms with Gasteiger partial charge in [-0.05, 0) is 55.8 Å². The van der Waals surface area contributed by atoms with Crippen molar-refractivity contribution in [2.24, 2.45) is 0 Å². The van der Waals surface area contributed by atoms with Gasteiger partial charge in [-0.15, -0.1) is 0 Å². The zero-order valence-corrected chi connectivity index (χ0v) is 14.7. The van der Waals surface area contributed by atoms with Crippen LogP contribution in [-0.4, -0.2) is 24.5 Å². The predicted octanol–water partition coefficient (Wildman–Crippen LogP) is 2.64. The molecule has 2 aromatic rings. The smallest absolute Gasteiger partial charge is 0.279 e. The second-order valence-electron chi connectivity index (χ2n) is 5.36. The largest absolute Gasteiger partial charge is 0.484 e. The van der Waals surface area contributed by atoms with E-state index in [0.717, 1.165) is 5.56 Å². The lowest BCUT2D eigenvalue weighted by molar-refractivity contribution is -0.133. The molecule has 0 heterocycles. The van der Waals surface area contributed by atoms with E-state index >= 15 is 0 Å². The van der Waals surface area contributed by atoms with Crippen LogP contribution in [0.25, 0.3) is 0 Å².